The second kappa shape index (κ2) is 9.10. The van der Waals surface area contributed by atoms with Gasteiger partial charge in [-0.15, -0.1) is 11.3 Å². The minimum atomic E-state index is -3.59. The van der Waals surface area contributed by atoms with Gasteiger partial charge in [0, 0.05) is 64.2 Å². The van der Waals surface area contributed by atoms with Gasteiger partial charge < -0.3 is 14.6 Å². The first-order valence-corrected chi connectivity index (χ1v) is 13.7. The summed E-state index contributed by atoms with van der Waals surface area (Å²) in [6.45, 7) is 2.97. The molecule has 0 aliphatic carbocycles. The van der Waals surface area contributed by atoms with Crippen molar-refractivity contribution in [1.29, 1.82) is 0 Å². The Hall–Kier alpha value is -2.21. The van der Waals surface area contributed by atoms with Crippen LogP contribution in [-0.4, -0.2) is 74.1 Å². The van der Waals surface area contributed by atoms with Gasteiger partial charge in [0.15, 0.2) is 0 Å². The predicted molar refractivity (Wildman–Crippen MR) is 128 cm³/mol. The van der Waals surface area contributed by atoms with E-state index in [4.69, 9.17) is 16.4 Å². The molecule has 0 atom stereocenters. The molecule has 1 aromatic heterocycles. The van der Waals surface area contributed by atoms with E-state index < -0.39 is 15.6 Å². The van der Waals surface area contributed by atoms with Gasteiger partial charge in [0.25, 0.3) is 15.9 Å². The van der Waals surface area contributed by atoms with E-state index in [1.54, 1.807) is 23.1 Å². The molecule has 182 valence electrons. The summed E-state index contributed by atoms with van der Waals surface area (Å²) in [6.07, 6.45) is 1.30. The highest BCUT2D eigenvalue weighted by Gasteiger charge is 2.46. The fourth-order valence-corrected chi connectivity index (χ4v) is 7.68. The van der Waals surface area contributed by atoms with Crippen molar-refractivity contribution in [2.45, 2.75) is 29.1 Å². The molecule has 3 aliphatic rings. The van der Waals surface area contributed by atoms with Crippen molar-refractivity contribution < 1.29 is 22.4 Å². The van der Waals surface area contributed by atoms with E-state index in [-0.39, 0.29) is 15.9 Å². The Morgan fingerprint density at radius 3 is 2.32 bits per heavy atom. The molecule has 1 aromatic carbocycles. The van der Waals surface area contributed by atoms with Gasteiger partial charge in [-0.3, -0.25) is 4.79 Å². The number of piperazine rings is 1. The average molecular weight is 527 g/mol. The van der Waals surface area contributed by atoms with Crippen LogP contribution in [0.15, 0.2) is 45.8 Å². The maximum atomic E-state index is 13.2. The van der Waals surface area contributed by atoms with Crippen LogP contribution in [0.4, 0.5) is 10.1 Å². The van der Waals surface area contributed by atoms with Crippen molar-refractivity contribution >= 4 is 50.3 Å². The van der Waals surface area contributed by atoms with E-state index in [2.05, 4.69) is 10.1 Å². The van der Waals surface area contributed by atoms with E-state index in [1.165, 1.54) is 22.5 Å². The molecule has 0 radical (unpaired) electrons. The first-order valence-electron chi connectivity index (χ1n) is 11.1. The van der Waals surface area contributed by atoms with Crippen LogP contribution in [0.3, 0.4) is 0 Å². The zero-order chi connectivity index (χ0) is 23.9. The number of hydrogen-bond donors (Lipinski definition) is 0. The molecule has 2 saturated heterocycles. The summed E-state index contributed by atoms with van der Waals surface area (Å²) in [6, 6.07) is 9.45. The van der Waals surface area contributed by atoms with Crippen molar-refractivity contribution in [2.24, 2.45) is 5.16 Å². The summed E-state index contributed by atoms with van der Waals surface area (Å²) in [4.78, 5) is 22.7. The van der Waals surface area contributed by atoms with Crippen LogP contribution in [0.25, 0.3) is 0 Å². The monoisotopic (exact) mass is 526 g/mol. The lowest BCUT2D eigenvalue weighted by Gasteiger charge is -2.37. The summed E-state index contributed by atoms with van der Waals surface area (Å²) in [5, 5.41) is 4.11. The summed E-state index contributed by atoms with van der Waals surface area (Å²) in [5.74, 6) is -0.413. The van der Waals surface area contributed by atoms with Gasteiger partial charge >= 0.3 is 0 Å². The Morgan fingerprint density at radius 1 is 1.03 bits per heavy atom. The summed E-state index contributed by atoms with van der Waals surface area (Å²) in [7, 11) is -3.59. The molecule has 0 bridgehead atoms. The van der Waals surface area contributed by atoms with Crippen LogP contribution in [0, 0.1) is 5.82 Å². The lowest BCUT2D eigenvalue weighted by Crippen LogP contribution is -2.51. The number of hydrogen-bond acceptors (Lipinski definition) is 7. The molecule has 2 fully saturated rings. The molecule has 3 aliphatic heterocycles. The predicted octanol–water partition coefficient (Wildman–Crippen LogP) is 3.19. The van der Waals surface area contributed by atoms with E-state index in [0.29, 0.717) is 68.6 Å². The zero-order valence-corrected chi connectivity index (χ0v) is 20.7. The highest BCUT2D eigenvalue weighted by molar-refractivity contribution is 7.91. The van der Waals surface area contributed by atoms with E-state index in [9.17, 15) is 17.6 Å². The smallest absolute Gasteiger partial charge is 0.271 e. The number of amides is 1. The van der Waals surface area contributed by atoms with E-state index >= 15 is 0 Å². The highest BCUT2D eigenvalue weighted by atomic mass is 35.5. The largest absolute Gasteiger partial charge is 0.388 e. The van der Waals surface area contributed by atoms with Crippen LogP contribution in [0.2, 0.25) is 4.34 Å². The van der Waals surface area contributed by atoms with Crippen molar-refractivity contribution in [3.05, 3.63) is 46.6 Å². The number of nitrogens with zero attached hydrogens (tertiary/aromatic N) is 4. The Balaban J connectivity index is 1.15. The van der Waals surface area contributed by atoms with Crippen molar-refractivity contribution in [3.8, 4) is 0 Å². The normalized spacial score (nSPS) is 20.9. The Morgan fingerprint density at radius 2 is 1.71 bits per heavy atom. The lowest BCUT2D eigenvalue weighted by atomic mass is 9.87. The number of carbonyl (C=O) groups is 1. The fraction of sp³-hybridized carbons (Fsp3) is 0.455. The van der Waals surface area contributed by atoms with Gasteiger partial charge in [-0.2, -0.15) is 4.31 Å². The van der Waals surface area contributed by atoms with Crippen LogP contribution >= 0.6 is 22.9 Å². The van der Waals surface area contributed by atoms with Gasteiger partial charge in [0.05, 0.1) is 4.34 Å². The standard InChI is InChI=1S/C22H24ClFN4O4S2/c23-19-5-6-20(33-19)34(30,31)28-9-7-22(8-10-28)15-18(25-32-22)21(29)27-13-11-26(12-14-27)17-3-1-16(24)2-4-17/h1-6H,7-15H2. The summed E-state index contributed by atoms with van der Waals surface area (Å²) in [5.41, 5.74) is 0.678. The molecule has 5 rings (SSSR count). The molecule has 0 saturated carbocycles. The lowest BCUT2D eigenvalue weighted by molar-refractivity contribution is -0.124. The number of piperidine rings is 1. The van der Waals surface area contributed by atoms with Gasteiger partial charge in [-0.25, -0.2) is 12.8 Å². The van der Waals surface area contributed by atoms with Crippen LogP contribution in [-0.2, 0) is 19.7 Å². The first kappa shape index (κ1) is 23.5. The molecule has 4 heterocycles. The van der Waals surface area contributed by atoms with Gasteiger partial charge in [-0.1, -0.05) is 16.8 Å². The molecule has 2 aromatic rings. The number of carbonyl (C=O) groups excluding carboxylic acids is 1. The molecule has 34 heavy (non-hydrogen) atoms. The minimum absolute atomic E-state index is 0.140. The molecule has 12 heteroatoms. The Labute approximate surface area is 206 Å². The maximum Gasteiger partial charge on any atom is 0.271 e. The number of rotatable bonds is 4. The second-order valence-electron chi connectivity index (χ2n) is 8.71. The quantitative estimate of drug-likeness (QED) is 0.611. The van der Waals surface area contributed by atoms with Crippen molar-refractivity contribution in [2.75, 3.05) is 44.2 Å². The summed E-state index contributed by atoms with van der Waals surface area (Å²) >= 11 is 6.95. The van der Waals surface area contributed by atoms with E-state index in [1.807, 2.05) is 0 Å². The number of halogens is 2. The average Bonchev–Trinajstić information content (AvgIpc) is 3.47. The number of sulfonamides is 1. The Kier molecular flexibility index (Phi) is 6.30. The van der Waals surface area contributed by atoms with Gasteiger partial charge in [0.1, 0.15) is 21.3 Å². The molecule has 1 spiro atoms. The number of benzene rings is 1. The third-order valence-electron chi connectivity index (χ3n) is 6.62. The van der Waals surface area contributed by atoms with E-state index in [0.717, 1.165) is 17.0 Å². The van der Waals surface area contributed by atoms with Gasteiger partial charge in [-0.05, 0) is 36.4 Å². The van der Waals surface area contributed by atoms with Gasteiger partial charge in [0.2, 0.25) is 0 Å². The van der Waals surface area contributed by atoms with Crippen LogP contribution in [0.1, 0.15) is 19.3 Å². The number of thiophene rings is 1. The molecule has 1 amide bonds. The van der Waals surface area contributed by atoms with Crippen molar-refractivity contribution in [1.82, 2.24) is 9.21 Å². The third-order valence-corrected chi connectivity index (χ3v) is 10.2. The minimum Gasteiger partial charge on any atom is -0.388 e. The molecule has 8 nitrogen and oxygen atoms in total. The molecular formula is C22H24ClFN4O4S2. The third kappa shape index (κ3) is 4.53. The topological polar surface area (TPSA) is 82.5 Å². The van der Waals surface area contributed by atoms with Crippen LogP contribution < -0.4 is 4.90 Å². The van der Waals surface area contributed by atoms with Crippen molar-refractivity contribution in [3.63, 3.8) is 0 Å². The maximum absolute atomic E-state index is 13.2. The fourth-order valence-electron chi connectivity index (χ4n) is 4.60. The SMILES string of the molecule is O=C(C1=NOC2(CCN(S(=O)(=O)c3ccc(Cl)s3)CC2)C1)N1CCN(c2ccc(F)cc2)CC1. The number of anilines is 1. The summed E-state index contributed by atoms with van der Waals surface area (Å²) < 4.78 is 41.0. The number of oxime groups is 1. The highest BCUT2D eigenvalue weighted by Crippen LogP contribution is 2.38. The molecule has 0 unspecified atom stereocenters. The molecule has 0 N–H and O–H groups in total. The molecular weight excluding hydrogens is 503 g/mol. The first-order chi connectivity index (χ1) is 16.3. The Bertz CT molecular complexity index is 1200. The second-order valence-corrected chi connectivity index (χ2v) is 12.6. The van der Waals surface area contributed by atoms with Crippen LogP contribution in [0.5, 0.6) is 0 Å². The zero-order valence-electron chi connectivity index (χ0n) is 18.3.